The Morgan fingerprint density at radius 1 is 1.00 bits per heavy atom. The maximum absolute atomic E-state index is 13.6. The molecule has 0 saturated carbocycles. The number of phenols is 1. The van der Waals surface area contributed by atoms with Gasteiger partial charge in [-0.05, 0) is 55.7 Å². The van der Waals surface area contributed by atoms with Gasteiger partial charge in [-0.1, -0.05) is 24.0 Å². The molecule has 2 aliphatic rings. The van der Waals surface area contributed by atoms with Crippen LogP contribution in [0.25, 0.3) is 0 Å². The van der Waals surface area contributed by atoms with E-state index in [0.29, 0.717) is 62.7 Å². The van der Waals surface area contributed by atoms with Crippen molar-refractivity contribution in [3.63, 3.8) is 0 Å². The van der Waals surface area contributed by atoms with Crippen molar-refractivity contribution in [2.75, 3.05) is 59.6 Å². The number of hydrogen-bond acceptors (Lipinski definition) is 6. The Labute approximate surface area is 258 Å². The highest BCUT2D eigenvalue weighted by molar-refractivity contribution is 5.95. The van der Waals surface area contributed by atoms with Crippen LogP contribution in [0.4, 0.5) is 26.3 Å². The van der Waals surface area contributed by atoms with Crippen molar-refractivity contribution in [3.8, 4) is 17.6 Å². The molecular weight excluding hydrogens is 604 g/mol. The lowest BCUT2D eigenvalue weighted by atomic mass is 9.98. The Balaban J connectivity index is 1.53. The lowest BCUT2D eigenvalue weighted by Gasteiger charge is -2.41. The summed E-state index contributed by atoms with van der Waals surface area (Å²) in [7, 11) is 1.62. The predicted molar refractivity (Wildman–Crippen MR) is 155 cm³/mol. The number of nitrogens with zero attached hydrogens (tertiary/aromatic N) is 3. The first-order chi connectivity index (χ1) is 21.2. The van der Waals surface area contributed by atoms with Crippen molar-refractivity contribution >= 4 is 5.91 Å². The monoisotopic (exact) mass is 641 g/mol. The van der Waals surface area contributed by atoms with Crippen LogP contribution in [0.2, 0.25) is 0 Å². The number of ether oxygens (including phenoxy) is 2. The molecule has 1 N–H and O–H groups in total. The van der Waals surface area contributed by atoms with E-state index in [0.717, 1.165) is 0 Å². The maximum atomic E-state index is 13.6. The largest absolute Gasteiger partial charge is 0.508 e. The Morgan fingerprint density at radius 3 is 2.29 bits per heavy atom. The van der Waals surface area contributed by atoms with Gasteiger partial charge in [-0.3, -0.25) is 14.6 Å². The van der Waals surface area contributed by atoms with E-state index in [1.807, 2.05) is 4.90 Å². The molecule has 45 heavy (non-hydrogen) atoms. The topological polar surface area (TPSA) is 65.5 Å². The quantitative estimate of drug-likeness (QED) is 0.345. The first-order valence-corrected chi connectivity index (χ1v) is 14.6. The molecule has 2 saturated heterocycles. The van der Waals surface area contributed by atoms with Crippen LogP contribution in [0.3, 0.4) is 0 Å². The summed E-state index contributed by atoms with van der Waals surface area (Å²) in [4.78, 5) is 19.1. The van der Waals surface area contributed by atoms with E-state index >= 15 is 0 Å². The molecule has 0 spiro atoms. The minimum absolute atomic E-state index is 0.00927. The molecule has 2 aromatic carbocycles. The molecule has 0 aliphatic carbocycles. The first-order valence-electron chi connectivity index (χ1n) is 14.6. The highest BCUT2D eigenvalue weighted by atomic mass is 19.4. The maximum Gasteiger partial charge on any atom is 0.416 e. The zero-order valence-electron chi connectivity index (χ0n) is 25.3. The fourth-order valence-electron chi connectivity index (χ4n) is 5.51. The van der Waals surface area contributed by atoms with Gasteiger partial charge in [0.25, 0.3) is 5.91 Å². The Kier molecular flexibility index (Phi) is 11.1. The number of piperazine rings is 1. The summed E-state index contributed by atoms with van der Waals surface area (Å²) >= 11 is 0. The SMILES string of the molecule is COCC1CN(CC#CCN2CCN(C(=O)c3cc(C(F)(F)F)cc(C(F)(F)F)c3)C(Cc3ccc(C)c(O)c3)C2)C(C)CO1. The molecule has 2 fully saturated rings. The summed E-state index contributed by atoms with van der Waals surface area (Å²) in [5.41, 5.74) is -2.47. The van der Waals surface area contributed by atoms with E-state index in [-0.39, 0.29) is 43.5 Å². The summed E-state index contributed by atoms with van der Waals surface area (Å²) in [6, 6.07) is 5.54. The van der Waals surface area contributed by atoms with Crippen molar-refractivity contribution in [1.29, 1.82) is 0 Å². The van der Waals surface area contributed by atoms with E-state index in [1.54, 1.807) is 32.2 Å². The molecule has 2 heterocycles. The molecule has 3 unspecified atom stereocenters. The highest BCUT2D eigenvalue weighted by Gasteiger charge is 2.39. The number of phenolic OH excluding ortho intramolecular Hbond substituents is 1. The Bertz CT molecular complexity index is 1370. The van der Waals surface area contributed by atoms with Crippen LogP contribution >= 0.6 is 0 Å². The van der Waals surface area contributed by atoms with Gasteiger partial charge in [0, 0.05) is 50.9 Å². The number of alkyl halides is 6. The van der Waals surface area contributed by atoms with Gasteiger partial charge in [0.1, 0.15) is 5.75 Å². The number of carbonyl (C=O) groups excluding carboxylic acids is 1. The lowest BCUT2D eigenvalue weighted by Crippen LogP contribution is -2.56. The van der Waals surface area contributed by atoms with Gasteiger partial charge in [-0.2, -0.15) is 26.3 Å². The molecule has 4 rings (SSSR count). The highest BCUT2D eigenvalue weighted by Crippen LogP contribution is 2.37. The lowest BCUT2D eigenvalue weighted by molar-refractivity contribution is -0.143. The average molecular weight is 642 g/mol. The van der Waals surface area contributed by atoms with Crippen molar-refractivity contribution in [3.05, 3.63) is 64.2 Å². The van der Waals surface area contributed by atoms with Crippen molar-refractivity contribution in [1.82, 2.24) is 14.7 Å². The van der Waals surface area contributed by atoms with Crippen LogP contribution in [0.15, 0.2) is 36.4 Å². The van der Waals surface area contributed by atoms with Crippen LogP contribution in [0.1, 0.15) is 39.5 Å². The second-order valence-electron chi connectivity index (χ2n) is 11.5. The van der Waals surface area contributed by atoms with Gasteiger partial charge in [-0.15, -0.1) is 0 Å². The number of benzene rings is 2. The number of rotatable bonds is 7. The van der Waals surface area contributed by atoms with E-state index in [2.05, 4.69) is 23.7 Å². The van der Waals surface area contributed by atoms with Gasteiger partial charge in [0.2, 0.25) is 0 Å². The van der Waals surface area contributed by atoms with E-state index in [1.165, 1.54) is 4.90 Å². The summed E-state index contributed by atoms with van der Waals surface area (Å²) in [6.45, 7) is 7.06. The minimum Gasteiger partial charge on any atom is -0.508 e. The van der Waals surface area contributed by atoms with Crippen LogP contribution in [-0.4, -0.2) is 103 Å². The first kappa shape index (κ1) is 34.6. The molecule has 246 valence electrons. The molecule has 3 atom stereocenters. The van der Waals surface area contributed by atoms with Gasteiger partial charge in [0.15, 0.2) is 0 Å². The molecule has 0 radical (unpaired) electrons. The van der Waals surface area contributed by atoms with Gasteiger partial charge in [-0.25, -0.2) is 0 Å². The number of halogens is 6. The van der Waals surface area contributed by atoms with Gasteiger partial charge < -0.3 is 19.5 Å². The fourth-order valence-corrected chi connectivity index (χ4v) is 5.51. The van der Waals surface area contributed by atoms with Crippen LogP contribution in [-0.2, 0) is 28.2 Å². The second-order valence-corrected chi connectivity index (χ2v) is 11.5. The number of aromatic hydroxyl groups is 1. The summed E-state index contributed by atoms with van der Waals surface area (Å²) in [6.07, 6.45) is -9.96. The number of methoxy groups -OCH3 is 1. The molecule has 7 nitrogen and oxygen atoms in total. The third kappa shape index (κ3) is 9.13. The summed E-state index contributed by atoms with van der Waals surface area (Å²) < 4.78 is 92.1. The van der Waals surface area contributed by atoms with E-state index in [9.17, 15) is 36.2 Å². The third-order valence-corrected chi connectivity index (χ3v) is 8.10. The molecular formula is C32H37F6N3O4. The third-order valence-electron chi connectivity index (χ3n) is 8.10. The molecule has 0 aromatic heterocycles. The smallest absolute Gasteiger partial charge is 0.416 e. The van der Waals surface area contributed by atoms with Crippen molar-refractivity contribution < 1.29 is 45.7 Å². The van der Waals surface area contributed by atoms with Crippen LogP contribution < -0.4 is 0 Å². The fraction of sp³-hybridized carbons (Fsp3) is 0.531. The zero-order chi connectivity index (χ0) is 32.9. The summed E-state index contributed by atoms with van der Waals surface area (Å²) in [5.74, 6) is 5.47. The van der Waals surface area contributed by atoms with Gasteiger partial charge in [0.05, 0.1) is 43.5 Å². The minimum atomic E-state index is -5.07. The number of amides is 1. The van der Waals surface area contributed by atoms with Crippen LogP contribution in [0.5, 0.6) is 5.75 Å². The van der Waals surface area contributed by atoms with E-state index in [4.69, 9.17) is 9.47 Å². The second kappa shape index (κ2) is 14.4. The van der Waals surface area contributed by atoms with Crippen LogP contribution in [0, 0.1) is 18.8 Å². The van der Waals surface area contributed by atoms with Gasteiger partial charge >= 0.3 is 12.4 Å². The molecule has 2 aromatic rings. The number of hydrogen-bond donors (Lipinski definition) is 1. The predicted octanol–water partition coefficient (Wildman–Crippen LogP) is 4.85. The summed E-state index contributed by atoms with van der Waals surface area (Å²) in [5, 5.41) is 10.2. The van der Waals surface area contributed by atoms with Crippen molar-refractivity contribution in [2.24, 2.45) is 0 Å². The normalized spacial score (nSPS) is 21.8. The average Bonchev–Trinajstić information content (AvgIpc) is 2.97. The molecule has 13 heteroatoms. The zero-order valence-corrected chi connectivity index (χ0v) is 25.3. The number of aryl methyl sites for hydroxylation is 1. The van der Waals surface area contributed by atoms with Crippen molar-refractivity contribution in [2.45, 2.75) is 50.8 Å². The Hall–Kier alpha value is -3.31. The molecule has 2 aliphatic heterocycles. The molecule has 1 amide bonds. The number of morpholine rings is 1. The molecule has 0 bridgehead atoms. The van der Waals surface area contributed by atoms with E-state index < -0.39 is 41.0 Å². The Morgan fingerprint density at radius 2 is 1.67 bits per heavy atom. The number of carbonyl (C=O) groups is 1. The standard InChI is InChI=1S/C32H37F6N3O4/c1-21-6-7-23(13-29(21)42)12-27-17-39(8-4-5-9-40-18-28(20-44-3)45-19-22(40)2)10-11-41(27)30(43)24-14-25(31(33,34)35)16-26(15-24)32(36,37)38/h6-7,13-16,22,27-28,42H,8-12,17-20H2,1-3H3.